The molecule has 1 aliphatic rings. The van der Waals surface area contributed by atoms with Crippen LogP contribution in [0.2, 0.25) is 0 Å². The van der Waals surface area contributed by atoms with Gasteiger partial charge in [-0.25, -0.2) is 5.14 Å². The van der Waals surface area contributed by atoms with E-state index in [1.54, 1.807) is 4.90 Å². The summed E-state index contributed by atoms with van der Waals surface area (Å²) < 4.78 is 23.3. The maximum absolute atomic E-state index is 11.4. The quantitative estimate of drug-likeness (QED) is 0.583. The van der Waals surface area contributed by atoms with Crippen molar-refractivity contribution in [2.45, 2.75) is 19.4 Å². The van der Waals surface area contributed by atoms with Gasteiger partial charge in [-0.2, -0.15) is 13.1 Å². The van der Waals surface area contributed by atoms with E-state index in [4.69, 9.17) is 5.14 Å². The molecule has 76 valence electrons. The first-order valence-electron chi connectivity index (χ1n) is 4.03. The van der Waals surface area contributed by atoms with Crippen LogP contribution in [-0.4, -0.2) is 38.4 Å². The lowest BCUT2D eigenvalue weighted by atomic mass is 10.3. The summed E-state index contributed by atoms with van der Waals surface area (Å²) in [5, 5.41) is 4.75. The average molecular weight is 207 g/mol. The van der Waals surface area contributed by atoms with E-state index in [0.29, 0.717) is 19.5 Å². The molecule has 6 nitrogen and oxygen atoms in total. The summed E-state index contributed by atoms with van der Waals surface area (Å²) in [6, 6.07) is -0.671. The fourth-order valence-electron chi connectivity index (χ4n) is 1.36. The topological polar surface area (TPSA) is 92.5 Å². The van der Waals surface area contributed by atoms with Crippen LogP contribution in [0.1, 0.15) is 13.3 Å². The van der Waals surface area contributed by atoms with Crippen LogP contribution in [0.25, 0.3) is 0 Å². The molecule has 0 aromatic carbocycles. The monoisotopic (exact) mass is 207 g/mol. The van der Waals surface area contributed by atoms with Crippen molar-refractivity contribution < 1.29 is 13.2 Å². The second-order valence-electron chi connectivity index (χ2n) is 2.92. The van der Waals surface area contributed by atoms with Crippen molar-refractivity contribution >= 4 is 16.1 Å². The van der Waals surface area contributed by atoms with Gasteiger partial charge in [0.05, 0.1) is 0 Å². The maximum atomic E-state index is 11.4. The molecule has 1 aliphatic heterocycles. The van der Waals surface area contributed by atoms with Gasteiger partial charge in [-0.05, 0) is 13.3 Å². The fraction of sp³-hybridized carbons (Fsp3) is 0.833. The van der Waals surface area contributed by atoms with E-state index in [1.807, 2.05) is 6.92 Å². The number of nitrogens with one attached hydrogen (secondary N) is 1. The fourth-order valence-corrected chi connectivity index (χ4v) is 1.98. The Morgan fingerprint density at radius 1 is 1.69 bits per heavy atom. The molecule has 1 atom stereocenters. The Kier molecular flexibility index (Phi) is 2.89. The summed E-state index contributed by atoms with van der Waals surface area (Å²) in [5.74, 6) is -0.198. The third-order valence-corrected chi connectivity index (χ3v) is 2.60. The van der Waals surface area contributed by atoms with Gasteiger partial charge >= 0.3 is 0 Å². The maximum Gasteiger partial charge on any atom is 0.275 e. The van der Waals surface area contributed by atoms with Crippen molar-refractivity contribution in [2.24, 2.45) is 5.14 Å². The predicted molar refractivity (Wildman–Crippen MR) is 46.9 cm³/mol. The van der Waals surface area contributed by atoms with E-state index < -0.39 is 16.3 Å². The van der Waals surface area contributed by atoms with Crippen LogP contribution in [0, 0.1) is 0 Å². The summed E-state index contributed by atoms with van der Waals surface area (Å²) in [6.45, 7) is 3.03. The van der Waals surface area contributed by atoms with Gasteiger partial charge in [-0.15, -0.1) is 0 Å². The lowest BCUT2D eigenvalue weighted by Crippen LogP contribution is -2.44. The summed E-state index contributed by atoms with van der Waals surface area (Å²) in [5.41, 5.74) is 0. The first-order valence-corrected chi connectivity index (χ1v) is 5.57. The summed E-state index contributed by atoms with van der Waals surface area (Å²) >= 11 is 0. The lowest BCUT2D eigenvalue weighted by Gasteiger charge is -2.13. The summed E-state index contributed by atoms with van der Waals surface area (Å²) in [7, 11) is -3.77. The Bertz CT molecular complexity index is 300. The SMILES string of the molecule is CCN1CCC(NS(N)(=O)=O)C1=O. The summed E-state index contributed by atoms with van der Waals surface area (Å²) in [6.07, 6.45) is 0.489. The standard InChI is InChI=1S/C6H13N3O3S/c1-2-9-4-3-5(6(9)10)8-13(7,11)12/h5,8H,2-4H2,1H3,(H2,7,11,12). The van der Waals surface area contributed by atoms with Gasteiger partial charge in [-0.1, -0.05) is 0 Å². The van der Waals surface area contributed by atoms with E-state index in [0.717, 1.165) is 0 Å². The second kappa shape index (κ2) is 3.60. The molecule has 0 saturated carbocycles. The number of likely N-dealkylation sites (tertiary alicyclic amines) is 1. The smallest absolute Gasteiger partial charge is 0.275 e. The van der Waals surface area contributed by atoms with E-state index in [-0.39, 0.29) is 5.91 Å². The molecule has 3 N–H and O–H groups in total. The minimum atomic E-state index is -3.77. The predicted octanol–water partition coefficient (Wildman–Crippen LogP) is -1.60. The minimum absolute atomic E-state index is 0.198. The second-order valence-corrected chi connectivity index (χ2v) is 4.25. The molecule has 0 spiro atoms. The molecule has 1 saturated heterocycles. The van der Waals surface area contributed by atoms with Crippen molar-refractivity contribution in [3.05, 3.63) is 0 Å². The zero-order chi connectivity index (χ0) is 10.1. The molecule has 1 fully saturated rings. The van der Waals surface area contributed by atoms with Gasteiger partial charge in [0.1, 0.15) is 6.04 Å². The molecule has 1 heterocycles. The summed E-state index contributed by atoms with van der Waals surface area (Å²) in [4.78, 5) is 12.9. The van der Waals surface area contributed by atoms with Crippen LogP contribution in [0.3, 0.4) is 0 Å². The van der Waals surface area contributed by atoms with E-state index in [1.165, 1.54) is 0 Å². The Morgan fingerprint density at radius 3 is 2.69 bits per heavy atom. The van der Waals surface area contributed by atoms with Crippen molar-refractivity contribution in [1.82, 2.24) is 9.62 Å². The first kappa shape index (κ1) is 10.4. The van der Waals surface area contributed by atoms with Crippen LogP contribution >= 0.6 is 0 Å². The van der Waals surface area contributed by atoms with Gasteiger partial charge in [0, 0.05) is 13.1 Å². The van der Waals surface area contributed by atoms with Crippen molar-refractivity contribution in [2.75, 3.05) is 13.1 Å². The third-order valence-electron chi connectivity index (χ3n) is 1.99. The highest BCUT2D eigenvalue weighted by atomic mass is 32.2. The van der Waals surface area contributed by atoms with E-state index in [2.05, 4.69) is 4.72 Å². The number of rotatable bonds is 3. The van der Waals surface area contributed by atoms with Crippen LogP contribution in [0.4, 0.5) is 0 Å². The van der Waals surface area contributed by atoms with Crippen LogP contribution in [0.15, 0.2) is 0 Å². The van der Waals surface area contributed by atoms with Gasteiger partial charge < -0.3 is 4.90 Å². The number of nitrogens with zero attached hydrogens (tertiary/aromatic N) is 1. The molecule has 1 unspecified atom stereocenters. The molecular weight excluding hydrogens is 194 g/mol. The molecular formula is C6H13N3O3S. The number of carbonyl (C=O) groups excluding carboxylic acids is 1. The number of nitrogens with two attached hydrogens (primary N) is 1. The number of amides is 1. The molecule has 13 heavy (non-hydrogen) atoms. The minimum Gasteiger partial charge on any atom is -0.342 e. The van der Waals surface area contributed by atoms with E-state index in [9.17, 15) is 13.2 Å². The average Bonchev–Trinajstić information content (AvgIpc) is 2.30. The van der Waals surface area contributed by atoms with Crippen LogP contribution < -0.4 is 9.86 Å². The van der Waals surface area contributed by atoms with Crippen molar-refractivity contribution in [3.8, 4) is 0 Å². The number of carbonyl (C=O) groups is 1. The first-order chi connectivity index (χ1) is 5.94. The molecule has 0 aliphatic carbocycles. The van der Waals surface area contributed by atoms with Crippen LogP contribution in [-0.2, 0) is 15.0 Å². The van der Waals surface area contributed by atoms with Gasteiger partial charge in [0.25, 0.3) is 10.2 Å². The zero-order valence-corrected chi connectivity index (χ0v) is 8.17. The molecule has 0 aromatic heterocycles. The molecule has 0 aromatic rings. The highest BCUT2D eigenvalue weighted by Gasteiger charge is 2.32. The number of hydrogen-bond donors (Lipinski definition) is 2. The van der Waals surface area contributed by atoms with Gasteiger partial charge in [-0.3, -0.25) is 4.79 Å². The normalized spacial score (nSPS) is 24.0. The van der Waals surface area contributed by atoms with Crippen molar-refractivity contribution in [1.29, 1.82) is 0 Å². The third kappa shape index (κ3) is 2.64. The zero-order valence-electron chi connectivity index (χ0n) is 7.36. The Labute approximate surface area is 77.3 Å². The van der Waals surface area contributed by atoms with E-state index >= 15 is 0 Å². The number of hydrogen-bond acceptors (Lipinski definition) is 3. The molecule has 0 bridgehead atoms. The Hall–Kier alpha value is -0.660. The van der Waals surface area contributed by atoms with Gasteiger partial charge in [0.2, 0.25) is 5.91 Å². The van der Waals surface area contributed by atoms with Gasteiger partial charge in [0.15, 0.2) is 0 Å². The number of likely N-dealkylation sites (N-methyl/N-ethyl adjacent to an activating group) is 1. The highest BCUT2D eigenvalue weighted by Crippen LogP contribution is 2.10. The largest absolute Gasteiger partial charge is 0.342 e. The Morgan fingerprint density at radius 2 is 2.31 bits per heavy atom. The van der Waals surface area contributed by atoms with Crippen LogP contribution in [0.5, 0.6) is 0 Å². The molecule has 1 rings (SSSR count). The Balaban J connectivity index is 2.61. The molecule has 0 radical (unpaired) electrons. The lowest BCUT2D eigenvalue weighted by molar-refractivity contribution is -0.128. The molecule has 1 amide bonds. The van der Waals surface area contributed by atoms with Crippen molar-refractivity contribution in [3.63, 3.8) is 0 Å². The molecule has 7 heteroatoms. The highest BCUT2D eigenvalue weighted by molar-refractivity contribution is 7.87.